The fraction of sp³-hybridized carbons (Fsp3) is 0.200. The molecule has 1 heterocycles. The molecular formula is C20H20N2O4. The summed E-state index contributed by atoms with van der Waals surface area (Å²) in [6.07, 6.45) is 0. The zero-order valence-electron chi connectivity index (χ0n) is 14.7. The van der Waals surface area contributed by atoms with E-state index in [4.69, 9.17) is 14.0 Å². The Morgan fingerprint density at radius 2 is 1.92 bits per heavy atom. The van der Waals surface area contributed by atoms with E-state index in [1.54, 1.807) is 13.2 Å². The number of nitrogens with zero attached hydrogens (tertiary/aromatic N) is 1. The maximum absolute atomic E-state index is 11.9. The van der Waals surface area contributed by atoms with E-state index < -0.39 is 0 Å². The highest BCUT2D eigenvalue weighted by Crippen LogP contribution is 2.23. The molecule has 0 aliphatic rings. The third-order valence-electron chi connectivity index (χ3n) is 3.76. The maximum Gasteiger partial charge on any atom is 0.258 e. The topological polar surface area (TPSA) is 73.6 Å². The number of ether oxygens (including phenoxy) is 2. The van der Waals surface area contributed by atoms with Gasteiger partial charge in [0.2, 0.25) is 0 Å². The Hall–Kier alpha value is -3.28. The van der Waals surface area contributed by atoms with Crippen LogP contribution in [0.1, 0.15) is 11.3 Å². The van der Waals surface area contributed by atoms with Gasteiger partial charge in [-0.05, 0) is 48.9 Å². The van der Waals surface area contributed by atoms with Gasteiger partial charge in [-0.3, -0.25) is 4.79 Å². The highest BCUT2D eigenvalue weighted by molar-refractivity contribution is 5.77. The summed E-state index contributed by atoms with van der Waals surface area (Å²) < 4.78 is 15.9. The van der Waals surface area contributed by atoms with Crippen molar-refractivity contribution < 1.29 is 18.8 Å². The average Bonchev–Trinajstić information content (AvgIpc) is 3.14. The maximum atomic E-state index is 11.9. The third kappa shape index (κ3) is 4.63. The van der Waals surface area contributed by atoms with Gasteiger partial charge < -0.3 is 19.3 Å². The van der Waals surface area contributed by atoms with Crippen molar-refractivity contribution >= 4 is 5.91 Å². The van der Waals surface area contributed by atoms with E-state index in [9.17, 15) is 4.79 Å². The molecule has 6 heteroatoms. The van der Waals surface area contributed by atoms with Gasteiger partial charge in [-0.1, -0.05) is 17.3 Å². The lowest BCUT2D eigenvalue weighted by atomic mass is 10.1. The van der Waals surface area contributed by atoms with Crippen molar-refractivity contribution in [3.63, 3.8) is 0 Å². The van der Waals surface area contributed by atoms with Crippen LogP contribution in [0.4, 0.5) is 0 Å². The molecule has 0 aliphatic heterocycles. The van der Waals surface area contributed by atoms with Gasteiger partial charge >= 0.3 is 0 Å². The molecule has 1 aromatic heterocycles. The highest BCUT2D eigenvalue weighted by Gasteiger charge is 2.09. The lowest BCUT2D eigenvalue weighted by Crippen LogP contribution is -2.28. The van der Waals surface area contributed by atoms with Gasteiger partial charge in [-0.15, -0.1) is 0 Å². The fourth-order valence-corrected chi connectivity index (χ4v) is 2.38. The van der Waals surface area contributed by atoms with Gasteiger partial charge in [0.15, 0.2) is 12.4 Å². The molecule has 0 atom stereocenters. The van der Waals surface area contributed by atoms with E-state index >= 15 is 0 Å². The van der Waals surface area contributed by atoms with E-state index in [2.05, 4.69) is 10.5 Å². The van der Waals surface area contributed by atoms with Crippen LogP contribution in [0.5, 0.6) is 11.5 Å². The Kier molecular flexibility index (Phi) is 5.53. The van der Waals surface area contributed by atoms with Crippen LogP contribution in [0.25, 0.3) is 11.3 Å². The average molecular weight is 352 g/mol. The minimum absolute atomic E-state index is 0.0490. The summed E-state index contributed by atoms with van der Waals surface area (Å²) >= 11 is 0. The molecule has 134 valence electrons. The predicted octanol–water partition coefficient (Wildman–Crippen LogP) is 3.35. The van der Waals surface area contributed by atoms with Gasteiger partial charge in [0, 0.05) is 11.6 Å². The number of nitrogens with one attached hydrogen (secondary N) is 1. The van der Waals surface area contributed by atoms with Crippen LogP contribution in [0, 0.1) is 6.92 Å². The zero-order chi connectivity index (χ0) is 18.4. The first-order valence-corrected chi connectivity index (χ1v) is 8.20. The van der Waals surface area contributed by atoms with Crippen LogP contribution < -0.4 is 14.8 Å². The van der Waals surface area contributed by atoms with Crippen LogP contribution in [0.15, 0.2) is 59.1 Å². The lowest BCUT2D eigenvalue weighted by Gasteiger charge is -2.06. The number of aryl methyl sites for hydroxylation is 1. The molecule has 1 amide bonds. The lowest BCUT2D eigenvalue weighted by molar-refractivity contribution is -0.123. The molecule has 0 unspecified atom stereocenters. The Labute approximate surface area is 151 Å². The van der Waals surface area contributed by atoms with Crippen LogP contribution in [-0.4, -0.2) is 24.8 Å². The van der Waals surface area contributed by atoms with Crippen LogP contribution >= 0.6 is 0 Å². The number of carbonyl (C=O) groups excluding carboxylic acids is 1. The van der Waals surface area contributed by atoms with Crippen molar-refractivity contribution in [3.8, 4) is 22.8 Å². The molecule has 3 aromatic rings. The number of methoxy groups -OCH3 is 1. The summed E-state index contributed by atoms with van der Waals surface area (Å²) in [5.74, 6) is 1.85. The molecular weight excluding hydrogens is 332 g/mol. The summed E-state index contributed by atoms with van der Waals surface area (Å²) in [4.78, 5) is 11.9. The second kappa shape index (κ2) is 8.20. The summed E-state index contributed by atoms with van der Waals surface area (Å²) in [6.45, 7) is 2.19. The van der Waals surface area contributed by atoms with Crippen molar-refractivity contribution in [1.82, 2.24) is 10.5 Å². The first kappa shape index (κ1) is 17.5. The molecule has 0 radical (unpaired) electrons. The molecule has 0 bridgehead atoms. The second-order valence-electron chi connectivity index (χ2n) is 5.79. The van der Waals surface area contributed by atoms with Crippen molar-refractivity contribution in [2.45, 2.75) is 13.5 Å². The molecule has 2 aromatic carbocycles. The number of carbonyl (C=O) groups is 1. The largest absolute Gasteiger partial charge is 0.497 e. The number of aromatic nitrogens is 1. The van der Waals surface area contributed by atoms with Crippen molar-refractivity contribution in [2.24, 2.45) is 0 Å². The molecule has 6 nitrogen and oxygen atoms in total. The summed E-state index contributed by atoms with van der Waals surface area (Å²) in [6, 6.07) is 16.8. The van der Waals surface area contributed by atoms with E-state index in [1.807, 2.05) is 55.5 Å². The predicted molar refractivity (Wildman–Crippen MR) is 97.0 cm³/mol. The number of rotatable bonds is 7. The Morgan fingerprint density at radius 3 is 2.65 bits per heavy atom. The minimum atomic E-state index is -0.222. The standard InChI is InChI=1S/C20H20N2O4/c1-14-4-3-5-18(10-14)25-13-20(23)21-12-16-11-19(26-22-16)15-6-8-17(24-2)9-7-15/h3-11H,12-13H2,1-2H3,(H,21,23). The Morgan fingerprint density at radius 1 is 1.12 bits per heavy atom. The third-order valence-corrected chi connectivity index (χ3v) is 3.76. The second-order valence-corrected chi connectivity index (χ2v) is 5.79. The minimum Gasteiger partial charge on any atom is -0.497 e. The monoisotopic (exact) mass is 352 g/mol. The molecule has 0 spiro atoms. The summed E-state index contributed by atoms with van der Waals surface area (Å²) in [5, 5.41) is 6.74. The van der Waals surface area contributed by atoms with Gasteiger partial charge in [-0.2, -0.15) is 0 Å². The molecule has 0 saturated heterocycles. The van der Waals surface area contributed by atoms with E-state index in [1.165, 1.54) is 0 Å². The van der Waals surface area contributed by atoms with E-state index in [0.717, 1.165) is 16.9 Å². The molecule has 0 fully saturated rings. The molecule has 26 heavy (non-hydrogen) atoms. The summed E-state index contributed by atoms with van der Waals surface area (Å²) in [5.41, 5.74) is 2.61. The SMILES string of the molecule is COc1ccc(-c2cc(CNC(=O)COc3cccc(C)c3)no2)cc1. The first-order valence-electron chi connectivity index (χ1n) is 8.20. The number of amides is 1. The van der Waals surface area contributed by atoms with Gasteiger partial charge in [0.1, 0.15) is 17.2 Å². The summed E-state index contributed by atoms with van der Waals surface area (Å²) in [7, 11) is 1.62. The molecule has 0 aliphatic carbocycles. The van der Waals surface area contributed by atoms with Gasteiger partial charge in [0.25, 0.3) is 5.91 Å². The number of benzene rings is 2. The normalized spacial score (nSPS) is 10.4. The van der Waals surface area contributed by atoms with Gasteiger partial charge in [-0.25, -0.2) is 0 Å². The number of hydrogen-bond donors (Lipinski definition) is 1. The van der Waals surface area contributed by atoms with Crippen LogP contribution in [0.3, 0.4) is 0 Å². The molecule has 3 rings (SSSR count). The fourth-order valence-electron chi connectivity index (χ4n) is 2.38. The quantitative estimate of drug-likeness (QED) is 0.706. The zero-order valence-corrected chi connectivity index (χ0v) is 14.7. The Balaban J connectivity index is 1.50. The van der Waals surface area contributed by atoms with Crippen molar-refractivity contribution in [1.29, 1.82) is 0 Å². The van der Waals surface area contributed by atoms with Crippen LogP contribution in [-0.2, 0) is 11.3 Å². The molecule has 1 N–H and O–H groups in total. The number of hydrogen-bond acceptors (Lipinski definition) is 5. The van der Waals surface area contributed by atoms with E-state index in [-0.39, 0.29) is 19.1 Å². The Bertz CT molecular complexity index is 872. The van der Waals surface area contributed by atoms with Crippen molar-refractivity contribution in [2.75, 3.05) is 13.7 Å². The van der Waals surface area contributed by atoms with Crippen molar-refractivity contribution in [3.05, 3.63) is 65.9 Å². The van der Waals surface area contributed by atoms with E-state index in [0.29, 0.717) is 17.2 Å². The smallest absolute Gasteiger partial charge is 0.258 e. The van der Waals surface area contributed by atoms with Crippen LogP contribution in [0.2, 0.25) is 0 Å². The van der Waals surface area contributed by atoms with Gasteiger partial charge in [0.05, 0.1) is 13.7 Å². The highest BCUT2D eigenvalue weighted by atomic mass is 16.5. The first-order chi connectivity index (χ1) is 12.6. The molecule has 0 saturated carbocycles.